The second kappa shape index (κ2) is 3.09. The van der Waals surface area contributed by atoms with Crippen LogP contribution in [0.5, 0.6) is 0 Å². The molecule has 0 bridgehead atoms. The summed E-state index contributed by atoms with van der Waals surface area (Å²) in [5, 5.41) is 1.26. The summed E-state index contributed by atoms with van der Waals surface area (Å²) in [6, 6.07) is 5.14. The van der Waals surface area contributed by atoms with Gasteiger partial charge in [0.05, 0.1) is 0 Å². The normalized spacial score (nSPS) is 9.40. The van der Waals surface area contributed by atoms with Gasteiger partial charge in [0.15, 0.2) is 0 Å². The number of benzene rings is 1. The number of rotatable bonds is 1. The van der Waals surface area contributed by atoms with Crippen LogP contribution >= 0.6 is 23.2 Å². The van der Waals surface area contributed by atoms with Gasteiger partial charge in [0.25, 0.3) is 0 Å². The van der Waals surface area contributed by atoms with E-state index >= 15 is 0 Å². The predicted molar refractivity (Wildman–Crippen MR) is 45.2 cm³/mol. The lowest BCUT2D eigenvalue weighted by molar-refractivity contribution is 1.66. The Bertz CT molecular complexity index is 253. The summed E-state index contributed by atoms with van der Waals surface area (Å²) in [6.45, 7) is 5.25. The zero-order valence-corrected chi connectivity index (χ0v) is 6.65. The molecule has 0 saturated heterocycles. The van der Waals surface area contributed by atoms with Crippen LogP contribution in [-0.2, 0) is 0 Å². The highest BCUT2D eigenvalue weighted by molar-refractivity contribution is 6.34. The standard InChI is InChI=1S/C8H5Cl2/c1-2-6-5-7(9)3-4-8(6)10/h1-5H/q-1. The van der Waals surface area contributed by atoms with Crippen molar-refractivity contribution < 1.29 is 0 Å². The Hall–Kier alpha value is -0.460. The van der Waals surface area contributed by atoms with Crippen molar-refractivity contribution in [3.05, 3.63) is 40.4 Å². The monoisotopic (exact) mass is 171 g/mol. The molecule has 0 fully saturated rings. The highest BCUT2D eigenvalue weighted by Gasteiger charge is 1.87. The smallest absolute Gasteiger partial charge is 0.0235 e. The fourth-order valence-corrected chi connectivity index (χ4v) is 1.00. The molecule has 0 atom stereocenters. The Balaban J connectivity index is 3.21. The first-order valence-electron chi connectivity index (χ1n) is 2.74. The molecular formula is C8H5Cl2-. The zero-order valence-electron chi connectivity index (χ0n) is 5.14. The maximum absolute atomic E-state index is 5.73. The number of hydrogen-bond acceptors (Lipinski definition) is 0. The highest BCUT2D eigenvalue weighted by Crippen LogP contribution is 2.20. The molecule has 1 aromatic carbocycles. The van der Waals surface area contributed by atoms with Crippen LogP contribution in [-0.4, -0.2) is 0 Å². The molecule has 0 aliphatic heterocycles. The van der Waals surface area contributed by atoms with Crippen LogP contribution in [0, 0.1) is 6.58 Å². The van der Waals surface area contributed by atoms with E-state index in [4.69, 9.17) is 29.8 Å². The van der Waals surface area contributed by atoms with Crippen molar-refractivity contribution in [3.8, 4) is 0 Å². The average Bonchev–Trinajstić information content (AvgIpc) is 1.94. The summed E-state index contributed by atoms with van der Waals surface area (Å²) in [4.78, 5) is 0. The minimum Gasteiger partial charge on any atom is -0.292 e. The van der Waals surface area contributed by atoms with Gasteiger partial charge in [0.1, 0.15) is 0 Å². The molecule has 0 N–H and O–H groups in total. The maximum Gasteiger partial charge on any atom is 0.0235 e. The van der Waals surface area contributed by atoms with E-state index < -0.39 is 0 Å². The molecule has 52 valence electrons. The van der Waals surface area contributed by atoms with Crippen molar-refractivity contribution in [2.45, 2.75) is 0 Å². The Kier molecular flexibility index (Phi) is 2.36. The van der Waals surface area contributed by atoms with Gasteiger partial charge in [-0.3, -0.25) is 6.58 Å². The van der Waals surface area contributed by atoms with Gasteiger partial charge in [0, 0.05) is 5.02 Å². The fourth-order valence-electron chi connectivity index (χ4n) is 0.642. The van der Waals surface area contributed by atoms with Crippen molar-refractivity contribution in [2.75, 3.05) is 0 Å². The van der Waals surface area contributed by atoms with Crippen LogP contribution in [0.1, 0.15) is 5.56 Å². The third-order valence-electron chi connectivity index (χ3n) is 1.14. The second-order valence-electron chi connectivity index (χ2n) is 1.83. The molecule has 0 aromatic heterocycles. The van der Waals surface area contributed by atoms with Crippen molar-refractivity contribution in [1.29, 1.82) is 0 Å². The summed E-state index contributed by atoms with van der Waals surface area (Å²) < 4.78 is 0. The molecule has 0 saturated carbocycles. The molecule has 0 aliphatic carbocycles. The lowest BCUT2D eigenvalue weighted by Gasteiger charge is -2.04. The highest BCUT2D eigenvalue weighted by atomic mass is 35.5. The zero-order chi connectivity index (χ0) is 7.56. The Labute approximate surface area is 70.1 Å². The maximum atomic E-state index is 5.73. The average molecular weight is 172 g/mol. The van der Waals surface area contributed by atoms with E-state index in [1.807, 2.05) is 0 Å². The minimum absolute atomic E-state index is 0.618. The summed E-state index contributed by atoms with van der Waals surface area (Å²) in [6.07, 6.45) is 1.42. The van der Waals surface area contributed by atoms with Crippen LogP contribution in [0.2, 0.25) is 10.0 Å². The van der Waals surface area contributed by atoms with Crippen LogP contribution in [0.3, 0.4) is 0 Å². The molecule has 0 aliphatic rings. The number of halogens is 2. The van der Waals surface area contributed by atoms with E-state index in [1.54, 1.807) is 18.2 Å². The molecule has 2 heteroatoms. The molecule has 1 aromatic rings. The molecule has 0 nitrogen and oxygen atoms in total. The van der Waals surface area contributed by atoms with Crippen LogP contribution < -0.4 is 0 Å². The third-order valence-corrected chi connectivity index (χ3v) is 1.72. The first-order valence-corrected chi connectivity index (χ1v) is 3.49. The van der Waals surface area contributed by atoms with E-state index in [2.05, 4.69) is 0 Å². The quantitative estimate of drug-likeness (QED) is 0.569. The van der Waals surface area contributed by atoms with Gasteiger partial charge in [0.2, 0.25) is 0 Å². The van der Waals surface area contributed by atoms with E-state index in [0.717, 1.165) is 5.56 Å². The summed E-state index contributed by atoms with van der Waals surface area (Å²) in [5.41, 5.74) is 0.758. The Morgan fingerprint density at radius 2 is 2.00 bits per heavy atom. The van der Waals surface area contributed by atoms with Crippen molar-refractivity contribution >= 4 is 29.3 Å². The lowest BCUT2D eigenvalue weighted by atomic mass is 10.2. The molecule has 0 spiro atoms. The van der Waals surface area contributed by atoms with E-state index in [1.165, 1.54) is 6.08 Å². The fraction of sp³-hybridized carbons (Fsp3) is 0. The molecule has 0 heterocycles. The van der Waals surface area contributed by atoms with Crippen molar-refractivity contribution in [1.82, 2.24) is 0 Å². The Morgan fingerprint density at radius 1 is 1.30 bits per heavy atom. The molecule has 0 unspecified atom stereocenters. The van der Waals surface area contributed by atoms with E-state index in [-0.39, 0.29) is 0 Å². The van der Waals surface area contributed by atoms with Gasteiger partial charge in [-0.15, -0.1) is 17.7 Å². The largest absolute Gasteiger partial charge is 0.292 e. The lowest BCUT2D eigenvalue weighted by Crippen LogP contribution is -1.72. The molecule has 1 rings (SSSR count). The van der Waals surface area contributed by atoms with Gasteiger partial charge < -0.3 is 0 Å². The van der Waals surface area contributed by atoms with Gasteiger partial charge in [-0.2, -0.15) is 5.56 Å². The third kappa shape index (κ3) is 1.53. The first kappa shape index (κ1) is 7.64. The molecule has 0 radical (unpaired) electrons. The van der Waals surface area contributed by atoms with Gasteiger partial charge in [-0.25, -0.2) is 6.08 Å². The van der Waals surface area contributed by atoms with Crippen molar-refractivity contribution in [2.24, 2.45) is 0 Å². The van der Waals surface area contributed by atoms with Gasteiger partial charge in [-0.1, -0.05) is 17.7 Å². The second-order valence-corrected chi connectivity index (χ2v) is 2.68. The van der Waals surface area contributed by atoms with Crippen LogP contribution in [0.4, 0.5) is 0 Å². The van der Waals surface area contributed by atoms with Crippen LogP contribution in [0.15, 0.2) is 18.2 Å². The predicted octanol–water partition coefficient (Wildman–Crippen LogP) is 3.44. The Morgan fingerprint density at radius 3 is 2.50 bits per heavy atom. The first-order chi connectivity index (χ1) is 4.74. The molecule has 0 amide bonds. The molecule has 10 heavy (non-hydrogen) atoms. The van der Waals surface area contributed by atoms with Crippen molar-refractivity contribution in [3.63, 3.8) is 0 Å². The minimum atomic E-state index is 0.618. The summed E-state index contributed by atoms with van der Waals surface area (Å²) >= 11 is 11.4. The van der Waals surface area contributed by atoms with E-state index in [0.29, 0.717) is 10.0 Å². The SMILES string of the molecule is [CH-]=Cc1cc(Cl)ccc1Cl. The van der Waals surface area contributed by atoms with Gasteiger partial charge in [-0.05, 0) is 11.1 Å². The number of hydrogen-bond donors (Lipinski definition) is 0. The van der Waals surface area contributed by atoms with E-state index in [9.17, 15) is 0 Å². The van der Waals surface area contributed by atoms with Gasteiger partial charge >= 0.3 is 0 Å². The summed E-state index contributed by atoms with van der Waals surface area (Å²) in [7, 11) is 0. The van der Waals surface area contributed by atoms with Crippen LogP contribution in [0.25, 0.3) is 6.08 Å². The summed E-state index contributed by atoms with van der Waals surface area (Å²) in [5.74, 6) is 0. The topological polar surface area (TPSA) is 0 Å². The molecular weight excluding hydrogens is 167 g/mol.